The molecule has 0 aliphatic carbocycles. The maximum atomic E-state index is 13.4. The van der Waals surface area contributed by atoms with Crippen molar-refractivity contribution in [1.29, 1.82) is 0 Å². The lowest BCUT2D eigenvalue weighted by molar-refractivity contribution is 0.485. The molecule has 0 saturated carbocycles. The van der Waals surface area contributed by atoms with E-state index in [1.807, 2.05) is 34.9 Å². The van der Waals surface area contributed by atoms with E-state index >= 15 is 0 Å². The zero-order valence-corrected chi connectivity index (χ0v) is 14.6. The van der Waals surface area contributed by atoms with Crippen molar-refractivity contribution < 1.29 is 8.81 Å². The van der Waals surface area contributed by atoms with Crippen molar-refractivity contribution in [3.8, 4) is 11.4 Å². The minimum Gasteiger partial charge on any atom is -0.467 e. The molecule has 26 heavy (non-hydrogen) atoms. The lowest BCUT2D eigenvalue weighted by Crippen LogP contribution is -2.03. The Morgan fingerprint density at radius 1 is 1.04 bits per heavy atom. The van der Waals surface area contributed by atoms with Crippen LogP contribution in [0.15, 0.2) is 76.8 Å². The van der Waals surface area contributed by atoms with E-state index in [1.165, 1.54) is 23.9 Å². The second-order valence-electron chi connectivity index (χ2n) is 5.63. The average molecular weight is 366 g/mol. The Labute approximate surface area is 153 Å². The third kappa shape index (κ3) is 3.67. The van der Waals surface area contributed by atoms with E-state index in [9.17, 15) is 4.39 Å². The fraction of sp³-hybridized carbons (Fsp3) is 0.105. The summed E-state index contributed by atoms with van der Waals surface area (Å²) < 4.78 is 20.9. The van der Waals surface area contributed by atoms with Crippen molar-refractivity contribution >= 4 is 11.8 Å². The van der Waals surface area contributed by atoms with Crippen LogP contribution in [0.25, 0.3) is 11.4 Å². The zero-order chi connectivity index (χ0) is 17.8. The van der Waals surface area contributed by atoms with Gasteiger partial charge in [-0.25, -0.2) is 4.39 Å². The van der Waals surface area contributed by atoms with Gasteiger partial charge >= 0.3 is 0 Å². The van der Waals surface area contributed by atoms with Crippen LogP contribution in [-0.2, 0) is 12.3 Å². The Kier molecular flexibility index (Phi) is 4.79. The first-order valence-electron chi connectivity index (χ1n) is 8.03. The molecule has 0 fully saturated rings. The molecule has 0 amide bonds. The van der Waals surface area contributed by atoms with Gasteiger partial charge in [0.25, 0.3) is 0 Å². The molecule has 0 spiro atoms. The standard InChI is InChI=1S/C19H15FN4OS/c20-16-4-1-3-14(11-16)13-26-19-23-22-18(15-6-8-21-9-7-15)24(19)12-17-5-2-10-25-17/h1-11H,12-13H2. The van der Waals surface area contributed by atoms with Crippen LogP contribution < -0.4 is 0 Å². The molecule has 0 aliphatic rings. The Morgan fingerprint density at radius 2 is 1.92 bits per heavy atom. The van der Waals surface area contributed by atoms with Crippen molar-refractivity contribution in [2.24, 2.45) is 0 Å². The average Bonchev–Trinajstić information content (AvgIpc) is 3.31. The Balaban J connectivity index is 1.64. The predicted octanol–water partition coefficient (Wildman–Crippen LogP) is 4.41. The number of aromatic nitrogens is 4. The summed E-state index contributed by atoms with van der Waals surface area (Å²) in [6.45, 7) is 0.517. The van der Waals surface area contributed by atoms with Crippen molar-refractivity contribution in [2.75, 3.05) is 0 Å². The quantitative estimate of drug-likeness (QED) is 0.473. The smallest absolute Gasteiger partial charge is 0.192 e. The normalized spacial score (nSPS) is 11.0. The second-order valence-corrected chi connectivity index (χ2v) is 6.57. The third-order valence-corrected chi connectivity index (χ3v) is 4.84. The summed E-state index contributed by atoms with van der Waals surface area (Å²) >= 11 is 1.51. The van der Waals surface area contributed by atoms with Crippen LogP contribution in [0.4, 0.5) is 4.39 Å². The van der Waals surface area contributed by atoms with E-state index in [-0.39, 0.29) is 5.82 Å². The van der Waals surface area contributed by atoms with Crippen molar-refractivity contribution in [1.82, 2.24) is 19.7 Å². The molecule has 3 heterocycles. The number of nitrogens with zero attached hydrogens (tertiary/aromatic N) is 4. The van der Waals surface area contributed by atoms with Crippen LogP contribution in [0.2, 0.25) is 0 Å². The largest absolute Gasteiger partial charge is 0.467 e. The molecule has 3 aromatic heterocycles. The number of halogens is 1. The zero-order valence-electron chi connectivity index (χ0n) is 13.7. The van der Waals surface area contributed by atoms with Crippen molar-refractivity contribution in [3.63, 3.8) is 0 Å². The maximum Gasteiger partial charge on any atom is 0.192 e. The summed E-state index contributed by atoms with van der Waals surface area (Å²) in [5.41, 5.74) is 1.82. The van der Waals surface area contributed by atoms with Crippen LogP contribution in [-0.4, -0.2) is 19.7 Å². The van der Waals surface area contributed by atoms with E-state index in [0.717, 1.165) is 27.9 Å². The topological polar surface area (TPSA) is 56.7 Å². The highest BCUT2D eigenvalue weighted by Crippen LogP contribution is 2.27. The third-order valence-electron chi connectivity index (χ3n) is 3.81. The van der Waals surface area contributed by atoms with Crippen LogP contribution in [0.1, 0.15) is 11.3 Å². The predicted molar refractivity (Wildman–Crippen MR) is 97.0 cm³/mol. The molecule has 130 valence electrons. The molecule has 0 saturated heterocycles. The molecular weight excluding hydrogens is 351 g/mol. The monoisotopic (exact) mass is 366 g/mol. The highest BCUT2D eigenvalue weighted by atomic mass is 32.2. The number of rotatable bonds is 6. The fourth-order valence-electron chi connectivity index (χ4n) is 2.59. The van der Waals surface area contributed by atoms with Crippen molar-refractivity contribution in [3.05, 3.63) is 84.3 Å². The maximum absolute atomic E-state index is 13.4. The van der Waals surface area contributed by atoms with Gasteiger partial charge in [-0.05, 0) is 42.0 Å². The first kappa shape index (κ1) is 16.5. The van der Waals surface area contributed by atoms with Crippen LogP contribution >= 0.6 is 11.8 Å². The van der Waals surface area contributed by atoms with E-state index < -0.39 is 0 Å². The Bertz CT molecular complexity index is 986. The second kappa shape index (κ2) is 7.53. The van der Waals surface area contributed by atoms with Gasteiger partial charge in [-0.1, -0.05) is 23.9 Å². The summed E-state index contributed by atoms with van der Waals surface area (Å²) in [5, 5.41) is 9.42. The van der Waals surface area contributed by atoms with Gasteiger partial charge in [-0.3, -0.25) is 9.55 Å². The molecule has 4 rings (SSSR count). The molecule has 4 aromatic rings. The Morgan fingerprint density at radius 3 is 2.69 bits per heavy atom. The SMILES string of the molecule is Fc1cccc(CSc2nnc(-c3ccncc3)n2Cc2ccco2)c1. The molecule has 0 radical (unpaired) electrons. The number of benzene rings is 1. The molecular formula is C19H15FN4OS. The lowest BCUT2D eigenvalue weighted by Gasteiger charge is -2.09. The summed E-state index contributed by atoms with van der Waals surface area (Å²) in [6.07, 6.45) is 5.09. The molecule has 1 aromatic carbocycles. The highest BCUT2D eigenvalue weighted by Gasteiger charge is 2.16. The van der Waals surface area contributed by atoms with Gasteiger partial charge < -0.3 is 4.42 Å². The summed E-state index contributed by atoms with van der Waals surface area (Å²) in [5.74, 6) is 1.92. The fourth-order valence-corrected chi connectivity index (χ4v) is 3.47. The first-order chi connectivity index (χ1) is 12.8. The first-order valence-corrected chi connectivity index (χ1v) is 9.01. The van der Waals surface area contributed by atoms with Gasteiger partial charge in [0, 0.05) is 23.7 Å². The summed E-state index contributed by atoms with van der Waals surface area (Å²) in [7, 11) is 0. The van der Waals surface area contributed by atoms with Crippen LogP contribution in [0.3, 0.4) is 0 Å². The summed E-state index contributed by atoms with van der Waals surface area (Å²) in [6, 6.07) is 14.1. The molecule has 0 bridgehead atoms. The Hall–Kier alpha value is -2.93. The minimum absolute atomic E-state index is 0.238. The molecule has 0 unspecified atom stereocenters. The van der Waals surface area contributed by atoms with Gasteiger partial charge in [0.05, 0.1) is 12.8 Å². The van der Waals surface area contributed by atoms with E-state index in [2.05, 4.69) is 15.2 Å². The van der Waals surface area contributed by atoms with Crippen molar-refractivity contribution in [2.45, 2.75) is 17.5 Å². The number of thioether (sulfide) groups is 1. The minimum atomic E-state index is -0.238. The molecule has 0 atom stereocenters. The van der Waals surface area contributed by atoms with E-state index in [4.69, 9.17) is 4.42 Å². The van der Waals surface area contributed by atoms with E-state index in [1.54, 1.807) is 24.7 Å². The highest BCUT2D eigenvalue weighted by molar-refractivity contribution is 7.98. The van der Waals surface area contributed by atoms with Gasteiger partial charge in [-0.2, -0.15) is 0 Å². The lowest BCUT2D eigenvalue weighted by atomic mass is 10.2. The van der Waals surface area contributed by atoms with E-state index in [0.29, 0.717) is 12.3 Å². The van der Waals surface area contributed by atoms with Gasteiger partial charge in [0.15, 0.2) is 11.0 Å². The number of hydrogen-bond donors (Lipinski definition) is 0. The molecule has 0 aliphatic heterocycles. The van der Waals surface area contributed by atoms with Crippen LogP contribution in [0.5, 0.6) is 0 Å². The molecule has 7 heteroatoms. The molecule has 0 N–H and O–H groups in total. The molecule has 5 nitrogen and oxygen atoms in total. The van der Waals surface area contributed by atoms with Gasteiger partial charge in [0.2, 0.25) is 0 Å². The number of pyridine rings is 1. The van der Waals surface area contributed by atoms with Gasteiger partial charge in [-0.15, -0.1) is 10.2 Å². The van der Waals surface area contributed by atoms with Gasteiger partial charge in [0.1, 0.15) is 11.6 Å². The number of hydrogen-bond acceptors (Lipinski definition) is 5. The van der Waals surface area contributed by atoms with Crippen LogP contribution in [0, 0.1) is 5.82 Å². The number of furan rings is 1. The summed E-state index contributed by atoms with van der Waals surface area (Å²) in [4.78, 5) is 4.05.